The normalized spacial score (nSPS) is 40.3. The Hall–Kier alpha value is 0.690. The topological polar surface area (TPSA) is 9.23 Å². The van der Waals surface area contributed by atoms with Gasteiger partial charge >= 0.3 is 0 Å². The minimum Gasteiger partial charge on any atom is -0.312 e. The third-order valence-corrected chi connectivity index (χ3v) is 2.18. The van der Waals surface area contributed by atoms with Crippen LogP contribution in [-0.4, -0.2) is 6.10 Å². The van der Waals surface area contributed by atoms with E-state index in [2.05, 4.69) is 6.92 Å². The predicted molar refractivity (Wildman–Crippen MR) is 37.3 cm³/mol. The van der Waals surface area contributed by atoms with Gasteiger partial charge in [-0.15, -0.1) is 0 Å². The molecule has 0 radical (unpaired) electrons. The van der Waals surface area contributed by atoms with Gasteiger partial charge in [0.1, 0.15) is 23.0 Å². The lowest BCUT2D eigenvalue weighted by atomic mass is 9.84. The van der Waals surface area contributed by atoms with Crippen molar-refractivity contribution in [2.45, 2.75) is 25.9 Å². The van der Waals surface area contributed by atoms with E-state index in [-0.39, 0.29) is 0 Å². The number of rotatable bonds is 1. The van der Waals surface area contributed by atoms with Crippen molar-refractivity contribution in [3.05, 3.63) is 0 Å². The van der Waals surface area contributed by atoms with Gasteiger partial charge in [-0.1, -0.05) is 6.92 Å². The number of hydrogen-bond donors (Lipinski definition) is 0. The summed E-state index contributed by atoms with van der Waals surface area (Å²) in [7, 11) is 0. The van der Waals surface area contributed by atoms with Crippen LogP contribution < -0.4 is 0 Å². The van der Waals surface area contributed by atoms with E-state index in [0.29, 0.717) is 6.10 Å². The van der Waals surface area contributed by atoms with Gasteiger partial charge in [0.2, 0.25) is 0 Å². The number of halogens is 1. The molecule has 0 aliphatic heterocycles. The fraction of sp³-hybridized carbons (Fsp3) is 1.00. The second kappa shape index (κ2) is 2.31. The quantitative estimate of drug-likeness (QED) is 0.605. The van der Waals surface area contributed by atoms with Crippen molar-refractivity contribution in [3.63, 3.8) is 0 Å². The average molecular weight is 212 g/mol. The lowest BCUT2D eigenvalue weighted by Crippen LogP contribution is -2.26. The Labute approximate surface area is 58.1 Å². The van der Waals surface area contributed by atoms with Crippen LogP contribution in [0.5, 0.6) is 0 Å². The largest absolute Gasteiger partial charge is 0.312 e. The van der Waals surface area contributed by atoms with E-state index in [4.69, 9.17) is 3.07 Å². The summed E-state index contributed by atoms with van der Waals surface area (Å²) in [4.78, 5) is 0. The highest BCUT2D eigenvalue weighted by atomic mass is 127. The minimum absolute atomic E-state index is 0.579. The second-order valence-electron chi connectivity index (χ2n) is 2.29. The van der Waals surface area contributed by atoms with Gasteiger partial charge in [0.15, 0.2) is 0 Å². The third-order valence-electron chi connectivity index (χ3n) is 1.46. The van der Waals surface area contributed by atoms with E-state index < -0.39 is 0 Å². The molecule has 0 N–H and O–H groups in total. The van der Waals surface area contributed by atoms with Crippen LogP contribution in [0.3, 0.4) is 0 Å². The fourth-order valence-electron chi connectivity index (χ4n) is 0.901. The van der Waals surface area contributed by atoms with Crippen molar-refractivity contribution in [2.24, 2.45) is 5.92 Å². The van der Waals surface area contributed by atoms with Gasteiger partial charge < -0.3 is 3.07 Å². The first kappa shape index (κ1) is 5.82. The van der Waals surface area contributed by atoms with Crippen LogP contribution in [0.1, 0.15) is 19.8 Å². The molecule has 0 amide bonds. The van der Waals surface area contributed by atoms with Crippen molar-refractivity contribution in [3.8, 4) is 0 Å². The summed E-state index contributed by atoms with van der Waals surface area (Å²) in [5.74, 6) is 0.916. The molecule has 0 saturated heterocycles. The Morgan fingerprint density at radius 3 is 2.29 bits per heavy atom. The first-order chi connectivity index (χ1) is 3.33. The van der Waals surface area contributed by atoms with Crippen LogP contribution in [0.4, 0.5) is 0 Å². The summed E-state index contributed by atoms with van der Waals surface area (Å²) in [6, 6.07) is 0. The summed E-state index contributed by atoms with van der Waals surface area (Å²) in [6.45, 7) is 2.26. The molecule has 1 fully saturated rings. The highest BCUT2D eigenvalue weighted by Crippen LogP contribution is 2.30. The smallest absolute Gasteiger partial charge is 0.110 e. The van der Waals surface area contributed by atoms with Crippen LogP contribution in [-0.2, 0) is 3.07 Å². The molecule has 0 unspecified atom stereocenters. The molecule has 0 atom stereocenters. The van der Waals surface area contributed by atoms with Crippen LogP contribution in [0.2, 0.25) is 0 Å². The van der Waals surface area contributed by atoms with Crippen molar-refractivity contribution >= 4 is 23.0 Å². The fourth-order valence-corrected chi connectivity index (χ4v) is 1.32. The zero-order chi connectivity index (χ0) is 5.28. The summed E-state index contributed by atoms with van der Waals surface area (Å²) < 4.78 is 5.03. The monoisotopic (exact) mass is 212 g/mol. The van der Waals surface area contributed by atoms with Crippen LogP contribution in [0, 0.1) is 5.92 Å². The molecule has 1 aliphatic rings. The summed E-state index contributed by atoms with van der Waals surface area (Å²) in [6.07, 6.45) is 3.11. The molecule has 42 valence electrons. The van der Waals surface area contributed by atoms with Crippen molar-refractivity contribution in [1.29, 1.82) is 0 Å². The van der Waals surface area contributed by atoms with Crippen LogP contribution in [0.25, 0.3) is 0 Å². The van der Waals surface area contributed by atoms with E-state index in [1.807, 2.05) is 23.0 Å². The molecule has 0 spiro atoms. The van der Waals surface area contributed by atoms with Gasteiger partial charge in [-0.05, 0) is 18.8 Å². The van der Waals surface area contributed by atoms with Gasteiger partial charge in [0.05, 0.1) is 6.10 Å². The zero-order valence-electron chi connectivity index (χ0n) is 4.36. The molecule has 1 aliphatic carbocycles. The first-order valence-electron chi connectivity index (χ1n) is 2.60. The zero-order valence-corrected chi connectivity index (χ0v) is 6.51. The summed E-state index contributed by atoms with van der Waals surface area (Å²) >= 11 is 1.97. The molecular formula is C5H9IO. The minimum atomic E-state index is 0.579. The Morgan fingerprint density at radius 1 is 1.57 bits per heavy atom. The highest BCUT2D eigenvalue weighted by molar-refractivity contribution is 14.1. The van der Waals surface area contributed by atoms with Crippen molar-refractivity contribution in [2.75, 3.05) is 0 Å². The van der Waals surface area contributed by atoms with E-state index in [0.717, 1.165) is 5.92 Å². The van der Waals surface area contributed by atoms with E-state index in [1.165, 1.54) is 12.8 Å². The SMILES string of the molecule is C[C@H]1C[C@@H](OI)C1. The van der Waals surface area contributed by atoms with E-state index >= 15 is 0 Å². The van der Waals surface area contributed by atoms with Gasteiger partial charge in [0, 0.05) is 0 Å². The van der Waals surface area contributed by atoms with Gasteiger partial charge in [0.25, 0.3) is 0 Å². The molecule has 2 heteroatoms. The average Bonchev–Trinajstić information content (AvgIpc) is 1.58. The standard InChI is InChI=1S/C5H9IO/c1-4-2-5(3-4)7-6/h4-5H,2-3H2,1H3/t4-,5+. The molecule has 0 heterocycles. The van der Waals surface area contributed by atoms with E-state index in [9.17, 15) is 0 Å². The molecule has 0 aromatic carbocycles. The molecule has 1 nitrogen and oxygen atoms in total. The third kappa shape index (κ3) is 1.29. The second-order valence-corrected chi connectivity index (χ2v) is 2.80. The van der Waals surface area contributed by atoms with Crippen LogP contribution >= 0.6 is 23.0 Å². The Morgan fingerprint density at radius 2 is 2.14 bits per heavy atom. The Bertz CT molecular complexity index is 59.1. The molecule has 0 aromatic rings. The van der Waals surface area contributed by atoms with Gasteiger partial charge in [-0.25, -0.2) is 0 Å². The highest BCUT2D eigenvalue weighted by Gasteiger charge is 2.24. The number of hydrogen-bond acceptors (Lipinski definition) is 1. The maximum atomic E-state index is 5.03. The maximum Gasteiger partial charge on any atom is 0.110 e. The summed E-state index contributed by atoms with van der Waals surface area (Å²) in [5.41, 5.74) is 0. The molecule has 0 aromatic heterocycles. The maximum absolute atomic E-state index is 5.03. The molecule has 0 bridgehead atoms. The van der Waals surface area contributed by atoms with Crippen LogP contribution in [0.15, 0.2) is 0 Å². The van der Waals surface area contributed by atoms with E-state index in [1.54, 1.807) is 0 Å². The lowest BCUT2D eigenvalue weighted by molar-refractivity contribution is 0.117. The van der Waals surface area contributed by atoms with Crippen molar-refractivity contribution < 1.29 is 3.07 Å². The molecule has 7 heavy (non-hydrogen) atoms. The molecular weight excluding hydrogens is 203 g/mol. The Kier molecular flexibility index (Phi) is 1.92. The molecule has 1 rings (SSSR count). The first-order valence-corrected chi connectivity index (χ1v) is 3.48. The Balaban J connectivity index is 2.06. The lowest BCUT2D eigenvalue weighted by Gasteiger charge is -2.29. The van der Waals surface area contributed by atoms with Gasteiger partial charge in [-0.2, -0.15) is 0 Å². The van der Waals surface area contributed by atoms with Gasteiger partial charge in [-0.3, -0.25) is 0 Å². The van der Waals surface area contributed by atoms with Crippen molar-refractivity contribution in [1.82, 2.24) is 0 Å². The summed E-state index contributed by atoms with van der Waals surface area (Å²) in [5, 5.41) is 0. The predicted octanol–water partition coefficient (Wildman–Crippen LogP) is 2.15. The molecule has 1 saturated carbocycles.